The number of carbonyl (C=O) groups excluding carboxylic acids is 1. The van der Waals surface area contributed by atoms with Gasteiger partial charge in [0.15, 0.2) is 0 Å². The zero-order valence-electron chi connectivity index (χ0n) is 23.1. The summed E-state index contributed by atoms with van der Waals surface area (Å²) in [5.74, 6) is 0.405. The summed E-state index contributed by atoms with van der Waals surface area (Å²) in [5.41, 5.74) is 5.58. The van der Waals surface area contributed by atoms with Crippen molar-refractivity contribution in [1.29, 1.82) is 0 Å². The second kappa shape index (κ2) is 11.3. The molecular weight excluding hydrogens is 577 g/mol. The Morgan fingerprint density at radius 3 is 2.74 bits per heavy atom. The van der Waals surface area contributed by atoms with Crippen LogP contribution in [0, 0.1) is 12.8 Å². The number of anilines is 1. The zero-order valence-corrected chi connectivity index (χ0v) is 24.6. The zero-order chi connectivity index (χ0) is 29.5. The Morgan fingerprint density at radius 1 is 1.12 bits per heavy atom. The van der Waals surface area contributed by atoms with Crippen molar-refractivity contribution in [2.24, 2.45) is 5.92 Å². The Labute approximate surface area is 253 Å². The molecule has 1 unspecified atom stereocenters. The average Bonchev–Trinajstić information content (AvgIpc) is 3.62. The highest BCUT2D eigenvalue weighted by molar-refractivity contribution is 6.31. The second-order valence-electron chi connectivity index (χ2n) is 10.9. The van der Waals surface area contributed by atoms with Gasteiger partial charge in [-0.25, -0.2) is 9.59 Å². The highest BCUT2D eigenvalue weighted by Gasteiger charge is 2.48. The number of nitrogens with zero attached hydrogens (tertiary/aromatic N) is 3. The summed E-state index contributed by atoms with van der Waals surface area (Å²) in [6.07, 6.45) is 3.96. The number of fused-ring (bicyclic) bond motifs is 3. The van der Waals surface area contributed by atoms with Crippen LogP contribution in [0.2, 0.25) is 10.0 Å². The van der Waals surface area contributed by atoms with Gasteiger partial charge in [0.25, 0.3) is 0 Å². The lowest BCUT2D eigenvalue weighted by Crippen LogP contribution is -2.38. The molecule has 10 heteroatoms. The fourth-order valence-corrected chi connectivity index (χ4v) is 5.91. The number of aromatic carboxylic acids is 1. The summed E-state index contributed by atoms with van der Waals surface area (Å²) < 4.78 is 13.4. The molecule has 1 saturated carbocycles. The van der Waals surface area contributed by atoms with E-state index in [-0.39, 0.29) is 18.3 Å². The summed E-state index contributed by atoms with van der Waals surface area (Å²) in [6.45, 7) is 4.79. The molecule has 0 bridgehead atoms. The van der Waals surface area contributed by atoms with Crippen LogP contribution in [0.5, 0.6) is 5.75 Å². The van der Waals surface area contributed by atoms with Gasteiger partial charge in [0.2, 0.25) is 0 Å². The van der Waals surface area contributed by atoms with E-state index in [0.717, 1.165) is 34.4 Å². The molecule has 1 aromatic heterocycles. The van der Waals surface area contributed by atoms with Gasteiger partial charge in [0, 0.05) is 33.9 Å². The van der Waals surface area contributed by atoms with E-state index in [1.165, 1.54) is 6.07 Å². The van der Waals surface area contributed by atoms with Crippen molar-refractivity contribution in [3.63, 3.8) is 0 Å². The molecule has 1 fully saturated rings. The first-order valence-electron chi connectivity index (χ1n) is 13.7. The number of rotatable bonds is 8. The van der Waals surface area contributed by atoms with E-state index >= 15 is 0 Å². The largest absolute Gasteiger partial charge is 0.487 e. The maximum Gasteiger partial charge on any atom is 0.414 e. The number of hydrogen-bond donors (Lipinski definition) is 1. The van der Waals surface area contributed by atoms with Crippen molar-refractivity contribution >= 4 is 41.0 Å². The van der Waals surface area contributed by atoms with Gasteiger partial charge in [0.1, 0.15) is 18.5 Å². The lowest BCUT2D eigenvalue weighted by Gasteiger charge is -2.30. The third-order valence-electron chi connectivity index (χ3n) is 7.86. The summed E-state index contributed by atoms with van der Waals surface area (Å²) in [5, 5.41) is 15.0. The Morgan fingerprint density at radius 2 is 1.93 bits per heavy atom. The van der Waals surface area contributed by atoms with Gasteiger partial charge in [-0.15, -0.1) is 0 Å². The molecule has 4 aromatic rings. The van der Waals surface area contributed by atoms with Gasteiger partial charge in [-0.3, -0.25) is 9.58 Å². The molecule has 2 aliphatic rings. The van der Waals surface area contributed by atoms with Gasteiger partial charge in [-0.1, -0.05) is 41.4 Å². The van der Waals surface area contributed by atoms with Gasteiger partial charge in [-0.05, 0) is 85.2 Å². The van der Waals surface area contributed by atoms with Crippen LogP contribution >= 0.6 is 23.2 Å². The predicted molar refractivity (Wildman–Crippen MR) is 161 cm³/mol. The summed E-state index contributed by atoms with van der Waals surface area (Å²) in [7, 11) is 0. The van der Waals surface area contributed by atoms with Crippen LogP contribution in [-0.2, 0) is 11.3 Å². The van der Waals surface area contributed by atoms with Crippen LogP contribution < -0.4 is 9.64 Å². The quantitative estimate of drug-likeness (QED) is 0.224. The average molecular weight is 607 g/mol. The number of halogens is 2. The number of benzene rings is 3. The lowest BCUT2D eigenvalue weighted by molar-refractivity contribution is 0.0696. The summed E-state index contributed by atoms with van der Waals surface area (Å²) >= 11 is 12.5. The minimum absolute atomic E-state index is 0.100. The fraction of sp³-hybridized carbons (Fsp3) is 0.281. The number of ether oxygens (including phenoxy) is 2. The van der Waals surface area contributed by atoms with Gasteiger partial charge in [0.05, 0.1) is 24.0 Å². The van der Waals surface area contributed by atoms with Crippen molar-refractivity contribution in [3.8, 4) is 16.9 Å². The first kappa shape index (κ1) is 28.1. The molecule has 8 nitrogen and oxygen atoms in total. The third-order valence-corrected chi connectivity index (χ3v) is 8.64. The highest BCUT2D eigenvalue weighted by Crippen LogP contribution is 2.57. The minimum Gasteiger partial charge on any atom is -0.487 e. The SMILES string of the molecule is Cc1c(Cl)cccc1OC(C)COC(=O)N1C[C@@H]2C[C@@H]2c2c(-c3cnn(Cc4cc(C(=O)O)ccc4Cl)c3)cccc21. The van der Waals surface area contributed by atoms with E-state index in [0.29, 0.717) is 46.3 Å². The van der Waals surface area contributed by atoms with Crippen LogP contribution in [0.4, 0.5) is 10.5 Å². The Kier molecular flexibility index (Phi) is 7.60. The van der Waals surface area contributed by atoms with Crippen molar-refractivity contribution in [1.82, 2.24) is 9.78 Å². The number of carboxylic acid groups (broad SMARTS) is 1. The summed E-state index contributed by atoms with van der Waals surface area (Å²) in [4.78, 5) is 26.5. The molecule has 1 aliphatic heterocycles. The first-order valence-corrected chi connectivity index (χ1v) is 14.5. The Balaban J connectivity index is 1.19. The van der Waals surface area contributed by atoms with E-state index in [1.807, 2.05) is 56.4 Å². The van der Waals surface area contributed by atoms with Gasteiger partial charge in [-0.2, -0.15) is 5.10 Å². The van der Waals surface area contributed by atoms with E-state index in [9.17, 15) is 14.7 Å². The topological polar surface area (TPSA) is 93.9 Å². The van der Waals surface area contributed by atoms with E-state index in [1.54, 1.807) is 27.9 Å². The van der Waals surface area contributed by atoms with Gasteiger partial charge >= 0.3 is 12.1 Å². The fourth-order valence-electron chi connectivity index (χ4n) is 5.56. The van der Waals surface area contributed by atoms with Crippen molar-refractivity contribution in [2.45, 2.75) is 38.8 Å². The molecule has 6 rings (SSSR count). The van der Waals surface area contributed by atoms with Crippen molar-refractivity contribution < 1.29 is 24.2 Å². The number of hydrogen-bond acceptors (Lipinski definition) is 5. The number of aromatic nitrogens is 2. The predicted octanol–water partition coefficient (Wildman–Crippen LogP) is 7.44. The Hall–Kier alpha value is -4.01. The minimum atomic E-state index is -1.01. The smallest absolute Gasteiger partial charge is 0.414 e. The van der Waals surface area contributed by atoms with E-state index in [2.05, 4.69) is 5.10 Å². The molecule has 3 atom stereocenters. The molecular formula is C32H29Cl2N3O5. The van der Waals surface area contributed by atoms with Crippen LogP contribution in [0.15, 0.2) is 67.0 Å². The second-order valence-corrected chi connectivity index (χ2v) is 11.7. The van der Waals surface area contributed by atoms with Crippen molar-refractivity contribution in [2.75, 3.05) is 18.1 Å². The molecule has 1 N–H and O–H groups in total. The molecule has 42 heavy (non-hydrogen) atoms. The molecule has 1 amide bonds. The van der Waals surface area contributed by atoms with Crippen LogP contribution in [0.3, 0.4) is 0 Å². The number of carbonyl (C=O) groups is 2. The molecule has 0 spiro atoms. The van der Waals surface area contributed by atoms with Crippen LogP contribution in [0.1, 0.15) is 46.3 Å². The monoisotopic (exact) mass is 605 g/mol. The Bertz CT molecular complexity index is 1690. The first-order chi connectivity index (χ1) is 20.2. The molecule has 3 aromatic carbocycles. The van der Waals surface area contributed by atoms with E-state index in [4.69, 9.17) is 32.7 Å². The molecule has 0 radical (unpaired) electrons. The van der Waals surface area contributed by atoms with Crippen LogP contribution in [-0.4, -0.2) is 46.2 Å². The third kappa shape index (κ3) is 5.56. The molecule has 2 heterocycles. The highest BCUT2D eigenvalue weighted by atomic mass is 35.5. The number of amides is 1. The normalized spacial score (nSPS) is 17.7. The van der Waals surface area contributed by atoms with Gasteiger partial charge < -0.3 is 14.6 Å². The lowest BCUT2D eigenvalue weighted by atomic mass is 9.93. The van der Waals surface area contributed by atoms with Crippen LogP contribution in [0.25, 0.3) is 11.1 Å². The van der Waals surface area contributed by atoms with E-state index < -0.39 is 12.1 Å². The summed E-state index contributed by atoms with van der Waals surface area (Å²) in [6, 6.07) is 16.1. The maximum absolute atomic E-state index is 13.3. The molecule has 0 saturated heterocycles. The number of carboxylic acids is 1. The molecule has 1 aliphatic carbocycles. The van der Waals surface area contributed by atoms with Crippen molar-refractivity contribution in [3.05, 3.63) is 99.3 Å². The molecule has 216 valence electrons. The standard InChI is InChI=1S/C32H29Cl2N3O5/c1-18(42-29-8-4-6-26(33)19(29)2)17-41-32(40)37-16-21-12-25(21)30-24(5-3-7-28(30)37)23-13-35-36(15-23)14-22-11-20(31(38)39)9-10-27(22)34/h3-11,13,15,18,21,25H,12,14,16-17H2,1-2H3,(H,38,39)/t18?,21-,25-/m0/s1. The maximum atomic E-state index is 13.3.